The predicted octanol–water partition coefficient (Wildman–Crippen LogP) is 3.58. The van der Waals surface area contributed by atoms with Crippen molar-refractivity contribution < 1.29 is 8.78 Å². The van der Waals surface area contributed by atoms with Gasteiger partial charge in [-0.2, -0.15) is 5.10 Å². The highest BCUT2D eigenvalue weighted by Crippen LogP contribution is 2.45. The lowest BCUT2D eigenvalue weighted by Crippen LogP contribution is -2.27. The molecule has 28 heavy (non-hydrogen) atoms. The van der Waals surface area contributed by atoms with Crippen LogP contribution in [-0.4, -0.2) is 40.4 Å². The largest absolute Gasteiger partial charge is 0.367 e. The number of fused-ring (bicyclic) bond motifs is 1. The number of H-pyrrole nitrogens is 1. The van der Waals surface area contributed by atoms with Gasteiger partial charge in [0.15, 0.2) is 11.6 Å². The van der Waals surface area contributed by atoms with Crippen LogP contribution in [0.4, 0.5) is 20.3 Å². The molecular formula is C19H22F2N6S. The molecule has 0 radical (unpaired) electrons. The van der Waals surface area contributed by atoms with Gasteiger partial charge < -0.3 is 16.0 Å². The van der Waals surface area contributed by atoms with Crippen LogP contribution < -0.4 is 16.0 Å². The van der Waals surface area contributed by atoms with Crippen LogP contribution in [0.3, 0.4) is 0 Å². The summed E-state index contributed by atoms with van der Waals surface area (Å²) in [5, 5.41) is 19.6. The van der Waals surface area contributed by atoms with Gasteiger partial charge in [-0.25, -0.2) is 8.78 Å². The Kier molecular flexibility index (Phi) is 4.88. The molecule has 2 aliphatic rings. The molecule has 4 rings (SSSR count). The summed E-state index contributed by atoms with van der Waals surface area (Å²) < 4.78 is 27.6. The molecule has 0 aliphatic carbocycles. The van der Waals surface area contributed by atoms with Crippen molar-refractivity contribution in [3.63, 3.8) is 0 Å². The normalized spacial score (nSPS) is 21.8. The van der Waals surface area contributed by atoms with Gasteiger partial charge in [-0.1, -0.05) is 17.8 Å². The highest BCUT2D eigenvalue weighted by Gasteiger charge is 2.33. The first kappa shape index (κ1) is 18.9. The summed E-state index contributed by atoms with van der Waals surface area (Å²) in [4.78, 5) is 2.73. The number of thioether (sulfide) groups is 1. The number of nitrogens with zero attached hydrogens (tertiary/aromatic N) is 2. The summed E-state index contributed by atoms with van der Waals surface area (Å²) >= 11 is 1.35. The van der Waals surface area contributed by atoms with Gasteiger partial charge in [0.05, 0.1) is 10.6 Å². The number of rotatable bonds is 4. The monoisotopic (exact) mass is 404 g/mol. The Bertz CT molecular complexity index is 967. The van der Waals surface area contributed by atoms with Gasteiger partial charge in [0.1, 0.15) is 16.6 Å². The summed E-state index contributed by atoms with van der Waals surface area (Å²) in [5.74, 6) is -0.890. The molecule has 0 saturated carbocycles. The fourth-order valence-corrected chi connectivity index (χ4v) is 4.61. The van der Waals surface area contributed by atoms with E-state index in [1.54, 1.807) is 6.07 Å². The fraction of sp³-hybridized carbons (Fsp3) is 0.368. The van der Waals surface area contributed by atoms with E-state index < -0.39 is 11.6 Å². The second-order valence-electron chi connectivity index (χ2n) is 7.20. The molecule has 0 bridgehead atoms. The molecule has 9 heteroatoms. The molecule has 2 aliphatic heterocycles. The number of benzene rings is 1. The van der Waals surface area contributed by atoms with Crippen LogP contribution in [0.1, 0.15) is 26.0 Å². The Morgan fingerprint density at radius 2 is 2.25 bits per heavy atom. The lowest BCUT2D eigenvalue weighted by Gasteiger charge is -2.20. The molecule has 2 unspecified atom stereocenters. The second-order valence-corrected chi connectivity index (χ2v) is 8.22. The minimum Gasteiger partial charge on any atom is -0.367 e. The maximum atomic E-state index is 14.1. The van der Waals surface area contributed by atoms with Crippen molar-refractivity contribution in [1.29, 1.82) is 5.41 Å². The molecule has 0 spiro atoms. The number of anilines is 2. The molecule has 6 nitrogen and oxygen atoms in total. The predicted molar refractivity (Wildman–Crippen MR) is 109 cm³/mol. The number of hydrogen-bond donors (Lipinski definition) is 4. The minimum atomic E-state index is -0.834. The van der Waals surface area contributed by atoms with Crippen molar-refractivity contribution in [3.05, 3.63) is 41.1 Å². The number of hydrogen-bond acceptors (Lipinski definition) is 6. The van der Waals surface area contributed by atoms with E-state index in [0.717, 1.165) is 40.0 Å². The van der Waals surface area contributed by atoms with Crippen molar-refractivity contribution >= 4 is 33.9 Å². The van der Waals surface area contributed by atoms with Gasteiger partial charge in [0.2, 0.25) is 0 Å². The van der Waals surface area contributed by atoms with Crippen LogP contribution in [0.15, 0.2) is 28.7 Å². The third-order valence-corrected chi connectivity index (χ3v) is 6.29. The Morgan fingerprint density at radius 1 is 1.46 bits per heavy atom. The van der Waals surface area contributed by atoms with Gasteiger partial charge in [0, 0.05) is 30.7 Å². The summed E-state index contributed by atoms with van der Waals surface area (Å²) in [6.07, 6.45) is 0.785. The Balaban J connectivity index is 1.52. The van der Waals surface area contributed by atoms with E-state index in [0.29, 0.717) is 18.1 Å². The zero-order valence-corrected chi connectivity index (χ0v) is 16.5. The maximum Gasteiger partial charge on any atom is 0.182 e. The number of nitrogens with one attached hydrogen (secondary N) is 3. The Hall–Kier alpha value is -2.39. The van der Waals surface area contributed by atoms with Crippen molar-refractivity contribution in [2.45, 2.75) is 37.2 Å². The summed E-state index contributed by atoms with van der Waals surface area (Å²) in [5.41, 5.74) is 8.74. The maximum absolute atomic E-state index is 14.1. The molecule has 2 atom stereocenters. The smallest absolute Gasteiger partial charge is 0.182 e. The summed E-state index contributed by atoms with van der Waals surface area (Å²) in [6, 6.07) is 4.15. The van der Waals surface area contributed by atoms with E-state index in [9.17, 15) is 8.78 Å². The number of nitrogens with two attached hydrogens (primary N) is 1. The average Bonchev–Trinajstić information content (AvgIpc) is 3.34. The molecule has 5 N–H and O–H groups in total. The number of halogens is 2. The number of aromatic amines is 1. The third kappa shape index (κ3) is 3.18. The van der Waals surface area contributed by atoms with Gasteiger partial charge in [-0.05, 0) is 38.0 Å². The van der Waals surface area contributed by atoms with Crippen molar-refractivity contribution in [2.24, 2.45) is 5.73 Å². The lowest BCUT2D eigenvalue weighted by molar-refractivity contribution is 0.507. The SMILES string of the molecule is C/C(=C1/C(=N)Sc2c1n[nH]c2NC1CCN(c2cccc(F)c2F)C1)C(C)N. The molecule has 148 valence electrons. The van der Waals surface area contributed by atoms with Gasteiger partial charge in [0.25, 0.3) is 0 Å². The van der Waals surface area contributed by atoms with Crippen LogP contribution in [0.5, 0.6) is 0 Å². The van der Waals surface area contributed by atoms with Gasteiger partial charge in [-0.15, -0.1) is 0 Å². The highest BCUT2D eigenvalue weighted by molar-refractivity contribution is 8.15. The van der Waals surface area contributed by atoms with E-state index in [1.807, 2.05) is 18.7 Å². The van der Waals surface area contributed by atoms with Crippen LogP contribution in [0, 0.1) is 17.0 Å². The Morgan fingerprint density at radius 3 is 3.00 bits per heavy atom. The van der Waals surface area contributed by atoms with Crippen LogP contribution in [0.25, 0.3) is 5.57 Å². The van der Waals surface area contributed by atoms with E-state index in [1.165, 1.54) is 17.8 Å². The molecule has 1 aromatic carbocycles. The fourth-order valence-electron chi connectivity index (χ4n) is 3.59. The van der Waals surface area contributed by atoms with Gasteiger partial charge in [-0.3, -0.25) is 10.5 Å². The molecule has 2 aromatic rings. The van der Waals surface area contributed by atoms with Crippen molar-refractivity contribution in [2.75, 3.05) is 23.3 Å². The van der Waals surface area contributed by atoms with E-state index >= 15 is 0 Å². The van der Waals surface area contributed by atoms with Crippen LogP contribution in [0.2, 0.25) is 0 Å². The van der Waals surface area contributed by atoms with E-state index in [2.05, 4.69) is 15.5 Å². The first-order valence-electron chi connectivity index (χ1n) is 9.14. The summed E-state index contributed by atoms with van der Waals surface area (Å²) in [7, 11) is 0. The topological polar surface area (TPSA) is 93.8 Å². The average molecular weight is 404 g/mol. The zero-order valence-electron chi connectivity index (χ0n) is 15.6. The molecule has 1 aromatic heterocycles. The zero-order chi connectivity index (χ0) is 20.0. The highest BCUT2D eigenvalue weighted by atomic mass is 32.2. The first-order valence-corrected chi connectivity index (χ1v) is 9.95. The lowest BCUT2D eigenvalue weighted by atomic mass is 10.0. The van der Waals surface area contributed by atoms with Crippen LogP contribution >= 0.6 is 11.8 Å². The quantitative estimate of drug-likeness (QED) is 0.625. The van der Waals surface area contributed by atoms with Crippen LogP contribution in [-0.2, 0) is 0 Å². The standard InChI is InChI=1S/C19H22F2N6S/c1-9(10(2)22)14-16-17(28-18(14)23)19(26-25-16)24-11-6-7-27(8-11)13-5-3-4-12(20)15(13)21/h3-5,10-11,23H,6-8,22H2,1-2H3,(H2,24,25,26)/b14-9-,23-18?. The molecule has 1 fully saturated rings. The minimum absolute atomic E-state index is 0.0598. The first-order chi connectivity index (χ1) is 13.4. The Labute approximate surface area is 166 Å². The molecule has 0 amide bonds. The molecule has 1 saturated heterocycles. The number of aromatic nitrogens is 2. The van der Waals surface area contributed by atoms with E-state index in [4.69, 9.17) is 11.1 Å². The second kappa shape index (κ2) is 7.21. The third-order valence-electron chi connectivity index (χ3n) is 5.28. The van der Waals surface area contributed by atoms with Crippen molar-refractivity contribution in [1.82, 2.24) is 10.2 Å². The summed E-state index contributed by atoms with van der Waals surface area (Å²) in [6.45, 7) is 5.00. The van der Waals surface area contributed by atoms with Gasteiger partial charge >= 0.3 is 0 Å². The molecular weight excluding hydrogens is 382 g/mol. The molecule has 3 heterocycles. The van der Waals surface area contributed by atoms with E-state index in [-0.39, 0.29) is 17.8 Å². The van der Waals surface area contributed by atoms with Crippen molar-refractivity contribution in [3.8, 4) is 0 Å².